The number of benzene rings is 2. The standard InChI is InChI=1S/C19H16ClN5OS/c1-2-16-21-22-19(27)25(16)23-17-14-5-3-4-6-15(14)24(18(17)26)11-12-7-9-13(20)10-8-12/h3-10H,2,11H2,1H3,(H,22,27). The Morgan fingerprint density at radius 3 is 2.67 bits per heavy atom. The molecule has 0 saturated heterocycles. The fourth-order valence-corrected chi connectivity index (χ4v) is 3.36. The van der Waals surface area contributed by atoms with Crippen LogP contribution in [-0.4, -0.2) is 26.5 Å². The fraction of sp³-hybridized carbons (Fsp3) is 0.158. The van der Waals surface area contributed by atoms with Crippen LogP contribution in [0.15, 0.2) is 53.6 Å². The number of anilines is 1. The highest BCUT2D eigenvalue weighted by Gasteiger charge is 2.34. The third-order valence-electron chi connectivity index (χ3n) is 4.39. The predicted molar refractivity (Wildman–Crippen MR) is 108 cm³/mol. The van der Waals surface area contributed by atoms with Crippen molar-refractivity contribution in [3.8, 4) is 0 Å². The number of rotatable bonds is 4. The minimum atomic E-state index is -0.170. The van der Waals surface area contributed by atoms with Gasteiger partial charge in [-0.05, 0) is 36.0 Å². The molecule has 1 aliphatic rings. The van der Waals surface area contributed by atoms with Crippen molar-refractivity contribution in [2.24, 2.45) is 5.10 Å². The zero-order valence-electron chi connectivity index (χ0n) is 14.5. The van der Waals surface area contributed by atoms with Crippen molar-refractivity contribution in [3.05, 3.63) is 75.3 Å². The topological polar surface area (TPSA) is 66.3 Å². The summed E-state index contributed by atoms with van der Waals surface area (Å²) < 4.78 is 1.88. The molecule has 27 heavy (non-hydrogen) atoms. The minimum absolute atomic E-state index is 0.170. The summed E-state index contributed by atoms with van der Waals surface area (Å²) in [6.07, 6.45) is 0.647. The molecule has 0 spiro atoms. The number of amides is 1. The zero-order chi connectivity index (χ0) is 19.0. The second kappa shape index (κ2) is 7.09. The van der Waals surface area contributed by atoms with Gasteiger partial charge in [-0.15, -0.1) is 0 Å². The third-order valence-corrected chi connectivity index (χ3v) is 4.90. The molecule has 0 fully saturated rings. The molecule has 1 N–H and O–H groups in total. The predicted octanol–water partition coefficient (Wildman–Crippen LogP) is 3.96. The normalized spacial score (nSPS) is 14.8. The van der Waals surface area contributed by atoms with Gasteiger partial charge in [0, 0.05) is 17.0 Å². The molecule has 6 nitrogen and oxygen atoms in total. The van der Waals surface area contributed by atoms with E-state index in [2.05, 4.69) is 15.3 Å². The van der Waals surface area contributed by atoms with Crippen molar-refractivity contribution in [3.63, 3.8) is 0 Å². The highest BCUT2D eigenvalue weighted by molar-refractivity contribution is 7.71. The third kappa shape index (κ3) is 3.20. The molecular formula is C19H16ClN5OS. The van der Waals surface area contributed by atoms with E-state index in [9.17, 15) is 4.79 Å². The average molecular weight is 398 g/mol. The number of aromatic nitrogens is 3. The van der Waals surface area contributed by atoms with Crippen LogP contribution in [0.4, 0.5) is 5.69 Å². The van der Waals surface area contributed by atoms with Crippen molar-refractivity contribution in [1.29, 1.82) is 0 Å². The van der Waals surface area contributed by atoms with Gasteiger partial charge in [0.15, 0.2) is 11.5 Å². The van der Waals surface area contributed by atoms with E-state index in [1.807, 2.05) is 55.5 Å². The van der Waals surface area contributed by atoms with E-state index in [-0.39, 0.29) is 5.91 Å². The number of carbonyl (C=O) groups excluding carboxylic acids is 1. The lowest BCUT2D eigenvalue weighted by atomic mass is 10.1. The first kappa shape index (κ1) is 17.6. The molecule has 4 rings (SSSR count). The highest BCUT2D eigenvalue weighted by atomic mass is 35.5. The quantitative estimate of drug-likeness (QED) is 0.678. The molecule has 8 heteroatoms. The van der Waals surface area contributed by atoms with E-state index in [1.54, 1.807) is 4.90 Å². The summed E-state index contributed by atoms with van der Waals surface area (Å²) >= 11 is 11.2. The van der Waals surface area contributed by atoms with Crippen LogP contribution in [0, 0.1) is 4.77 Å². The molecule has 0 bridgehead atoms. The number of hydrogen-bond donors (Lipinski definition) is 1. The van der Waals surface area contributed by atoms with Gasteiger partial charge in [-0.25, -0.2) is 0 Å². The van der Waals surface area contributed by atoms with Crippen molar-refractivity contribution >= 4 is 41.1 Å². The number of fused-ring (bicyclic) bond motifs is 1. The summed E-state index contributed by atoms with van der Waals surface area (Å²) in [5, 5.41) is 12.1. The largest absolute Gasteiger partial charge is 0.302 e. The highest BCUT2D eigenvalue weighted by Crippen LogP contribution is 2.31. The number of halogens is 1. The number of nitrogens with one attached hydrogen (secondary N) is 1. The molecule has 1 amide bonds. The van der Waals surface area contributed by atoms with Crippen molar-refractivity contribution in [2.45, 2.75) is 19.9 Å². The number of para-hydroxylation sites is 1. The molecular weight excluding hydrogens is 382 g/mol. The first-order valence-corrected chi connectivity index (χ1v) is 9.28. The van der Waals surface area contributed by atoms with Crippen LogP contribution >= 0.6 is 23.8 Å². The van der Waals surface area contributed by atoms with Gasteiger partial charge in [-0.2, -0.15) is 14.9 Å². The molecule has 2 heterocycles. The summed E-state index contributed by atoms with van der Waals surface area (Å²) in [4.78, 5) is 14.9. The van der Waals surface area contributed by atoms with Gasteiger partial charge in [0.25, 0.3) is 5.91 Å². The molecule has 0 unspecified atom stereocenters. The van der Waals surface area contributed by atoms with E-state index in [0.29, 0.717) is 34.3 Å². The Bertz CT molecular complexity index is 1100. The summed E-state index contributed by atoms with van der Waals surface area (Å²) in [5.74, 6) is 0.505. The van der Waals surface area contributed by atoms with E-state index in [4.69, 9.17) is 23.8 Å². The molecule has 0 aliphatic carbocycles. The lowest BCUT2D eigenvalue weighted by molar-refractivity contribution is -0.112. The number of aromatic amines is 1. The number of H-pyrrole nitrogens is 1. The monoisotopic (exact) mass is 397 g/mol. The number of aryl methyl sites for hydroxylation is 1. The van der Waals surface area contributed by atoms with E-state index in [1.165, 1.54) is 4.68 Å². The van der Waals surface area contributed by atoms with Gasteiger partial charge < -0.3 is 4.90 Å². The van der Waals surface area contributed by atoms with E-state index < -0.39 is 0 Å². The Morgan fingerprint density at radius 2 is 1.93 bits per heavy atom. The second-order valence-corrected chi connectivity index (χ2v) is 6.92. The van der Waals surface area contributed by atoms with Gasteiger partial charge in [0.2, 0.25) is 4.77 Å². The van der Waals surface area contributed by atoms with Crippen molar-refractivity contribution in [2.75, 3.05) is 4.90 Å². The van der Waals surface area contributed by atoms with E-state index in [0.717, 1.165) is 16.8 Å². The number of nitrogens with zero attached hydrogens (tertiary/aromatic N) is 4. The Kier molecular flexibility index (Phi) is 4.63. The van der Waals surface area contributed by atoms with Crippen molar-refractivity contribution < 1.29 is 4.79 Å². The Labute approximate surface area is 166 Å². The fourth-order valence-electron chi connectivity index (χ4n) is 3.04. The molecule has 0 atom stereocenters. The van der Waals surface area contributed by atoms with Crippen LogP contribution in [0.3, 0.4) is 0 Å². The van der Waals surface area contributed by atoms with Gasteiger partial charge in [0.05, 0.1) is 12.2 Å². The van der Waals surface area contributed by atoms with Gasteiger partial charge in [-0.3, -0.25) is 9.89 Å². The maximum Gasteiger partial charge on any atom is 0.279 e. The Hall–Kier alpha value is -2.77. The number of carbonyl (C=O) groups is 1. The van der Waals surface area contributed by atoms with Crippen LogP contribution in [0.5, 0.6) is 0 Å². The summed E-state index contributed by atoms with van der Waals surface area (Å²) in [7, 11) is 0. The lowest BCUT2D eigenvalue weighted by Crippen LogP contribution is -2.30. The summed E-state index contributed by atoms with van der Waals surface area (Å²) in [6, 6.07) is 15.1. The molecule has 136 valence electrons. The molecule has 0 saturated carbocycles. The molecule has 1 aliphatic heterocycles. The summed E-state index contributed by atoms with van der Waals surface area (Å²) in [5.41, 5.74) is 2.94. The van der Waals surface area contributed by atoms with Gasteiger partial charge in [0.1, 0.15) is 0 Å². The molecule has 0 radical (unpaired) electrons. The smallest absolute Gasteiger partial charge is 0.279 e. The van der Waals surface area contributed by atoms with Gasteiger partial charge in [-0.1, -0.05) is 48.9 Å². The first-order chi connectivity index (χ1) is 13.1. The Balaban J connectivity index is 1.78. The molecule has 2 aromatic carbocycles. The number of hydrogen-bond acceptors (Lipinski definition) is 4. The van der Waals surface area contributed by atoms with Crippen LogP contribution < -0.4 is 4.90 Å². The van der Waals surface area contributed by atoms with Gasteiger partial charge >= 0.3 is 0 Å². The molecule has 3 aromatic rings. The SMILES string of the molecule is CCc1n[nH]c(=S)n1N=C1C(=O)N(Cc2ccc(Cl)cc2)c2ccccc21. The van der Waals surface area contributed by atoms with Crippen LogP contribution in [0.1, 0.15) is 23.9 Å². The average Bonchev–Trinajstić information content (AvgIpc) is 3.16. The minimum Gasteiger partial charge on any atom is -0.302 e. The van der Waals surface area contributed by atoms with Crippen LogP contribution in [0.25, 0.3) is 0 Å². The lowest BCUT2D eigenvalue weighted by Gasteiger charge is -2.16. The first-order valence-electron chi connectivity index (χ1n) is 8.49. The van der Waals surface area contributed by atoms with Crippen LogP contribution in [-0.2, 0) is 17.8 Å². The zero-order valence-corrected chi connectivity index (χ0v) is 16.1. The van der Waals surface area contributed by atoms with Crippen molar-refractivity contribution in [1.82, 2.24) is 14.9 Å². The van der Waals surface area contributed by atoms with E-state index >= 15 is 0 Å². The summed E-state index contributed by atoms with van der Waals surface area (Å²) in [6.45, 7) is 2.39. The Morgan fingerprint density at radius 1 is 1.19 bits per heavy atom. The molecule has 1 aromatic heterocycles. The maximum absolute atomic E-state index is 13.2. The second-order valence-electron chi connectivity index (χ2n) is 6.09. The van der Waals surface area contributed by atoms with Crippen LogP contribution in [0.2, 0.25) is 5.02 Å². The maximum atomic E-state index is 13.2.